The molecule has 0 radical (unpaired) electrons. The normalized spacial score (nSPS) is 10.8. The maximum atomic E-state index is 6.10. The molecule has 2 heterocycles. The highest BCUT2D eigenvalue weighted by Gasteiger charge is 2.14. The number of aromatic nitrogens is 3. The molecule has 0 saturated carbocycles. The highest BCUT2D eigenvalue weighted by molar-refractivity contribution is 6.30. The Morgan fingerprint density at radius 2 is 1.95 bits per heavy atom. The minimum absolute atomic E-state index is 0.235. The lowest BCUT2D eigenvalue weighted by atomic mass is 10.1. The summed E-state index contributed by atoms with van der Waals surface area (Å²) < 4.78 is 5.75. The Kier molecular flexibility index (Phi) is 5.30. The Hall–Kier alpha value is -1.68. The first-order valence-corrected chi connectivity index (χ1v) is 7.08. The average molecular weight is 292 g/mol. The third kappa shape index (κ3) is 3.90. The molecule has 0 aliphatic heterocycles. The van der Waals surface area contributed by atoms with Crippen LogP contribution in [0.2, 0.25) is 5.15 Å². The van der Waals surface area contributed by atoms with Gasteiger partial charge < -0.3 is 4.74 Å². The molecule has 0 amide bonds. The van der Waals surface area contributed by atoms with Crippen LogP contribution in [0.5, 0.6) is 5.88 Å². The molecule has 0 saturated heterocycles. The number of nitrogens with zero attached hydrogens (tertiary/aromatic N) is 3. The molecule has 0 fully saturated rings. The molecule has 4 nitrogen and oxygen atoms in total. The number of aryl methyl sites for hydroxylation is 1. The van der Waals surface area contributed by atoms with Crippen molar-refractivity contribution in [3.63, 3.8) is 0 Å². The molecule has 2 aromatic heterocycles. The van der Waals surface area contributed by atoms with Crippen LogP contribution < -0.4 is 4.74 Å². The zero-order valence-electron chi connectivity index (χ0n) is 11.7. The second kappa shape index (κ2) is 7.20. The van der Waals surface area contributed by atoms with E-state index in [0.29, 0.717) is 17.6 Å². The van der Waals surface area contributed by atoms with Gasteiger partial charge in [-0.05, 0) is 36.5 Å². The largest absolute Gasteiger partial charge is 0.477 e. The summed E-state index contributed by atoms with van der Waals surface area (Å²) in [4.78, 5) is 12.2. The molecule has 0 N–H and O–H groups in total. The fourth-order valence-electron chi connectivity index (χ4n) is 1.95. The number of hydrogen-bond donors (Lipinski definition) is 0. The first-order chi connectivity index (χ1) is 9.68. The topological polar surface area (TPSA) is 47.9 Å². The molecule has 0 spiro atoms. The molecule has 5 heteroatoms. The molecule has 2 rings (SSSR count). The van der Waals surface area contributed by atoms with Crippen LogP contribution in [0.3, 0.4) is 0 Å². The van der Waals surface area contributed by atoms with Crippen molar-refractivity contribution < 1.29 is 4.74 Å². The van der Waals surface area contributed by atoms with E-state index < -0.39 is 0 Å². The van der Waals surface area contributed by atoms with Crippen molar-refractivity contribution in [1.29, 1.82) is 0 Å². The summed E-state index contributed by atoms with van der Waals surface area (Å²) in [5, 5.41) is 0.471. The van der Waals surface area contributed by atoms with Crippen molar-refractivity contribution in [2.45, 2.75) is 32.6 Å². The summed E-state index contributed by atoms with van der Waals surface area (Å²) in [6, 6.07) is 4.03. The van der Waals surface area contributed by atoms with E-state index in [-0.39, 0.29) is 5.92 Å². The minimum Gasteiger partial charge on any atom is -0.477 e. The highest BCUT2D eigenvalue weighted by atomic mass is 35.5. The van der Waals surface area contributed by atoms with Gasteiger partial charge in [0.05, 0.1) is 12.2 Å². The van der Waals surface area contributed by atoms with Crippen molar-refractivity contribution in [1.82, 2.24) is 15.0 Å². The van der Waals surface area contributed by atoms with Gasteiger partial charge in [-0.1, -0.05) is 25.4 Å². The Bertz CT molecular complexity index is 546. The molecular weight excluding hydrogens is 274 g/mol. The van der Waals surface area contributed by atoms with E-state index in [0.717, 1.165) is 18.4 Å². The van der Waals surface area contributed by atoms with Gasteiger partial charge in [0.25, 0.3) is 0 Å². The number of rotatable bonds is 6. The van der Waals surface area contributed by atoms with Gasteiger partial charge in [-0.2, -0.15) is 0 Å². The SMILES string of the molecule is CC(C)c1c(Cl)ncnc1OCCCc1ccncc1. The third-order valence-electron chi connectivity index (χ3n) is 2.97. The molecule has 0 aliphatic carbocycles. The van der Waals surface area contributed by atoms with Gasteiger partial charge in [-0.15, -0.1) is 0 Å². The van der Waals surface area contributed by atoms with Gasteiger partial charge >= 0.3 is 0 Å². The summed E-state index contributed by atoms with van der Waals surface area (Å²) in [6.45, 7) is 4.71. The van der Waals surface area contributed by atoms with Crippen molar-refractivity contribution in [2.24, 2.45) is 0 Å². The number of halogens is 1. The monoisotopic (exact) mass is 291 g/mol. The summed E-state index contributed by atoms with van der Waals surface area (Å²) in [7, 11) is 0. The Morgan fingerprint density at radius 3 is 2.65 bits per heavy atom. The Morgan fingerprint density at radius 1 is 1.20 bits per heavy atom. The third-order valence-corrected chi connectivity index (χ3v) is 3.28. The first-order valence-electron chi connectivity index (χ1n) is 6.70. The predicted octanol–water partition coefficient (Wildman–Crippen LogP) is 3.66. The zero-order chi connectivity index (χ0) is 14.4. The first kappa shape index (κ1) is 14.7. The molecule has 20 heavy (non-hydrogen) atoms. The maximum Gasteiger partial charge on any atom is 0.221 e. The van der Waals surface area contributed by atoms with Crippen LogP contribution in [-0.4, -0.2) is 21.6 Å². The summed E-state index contributed by atoms with van der Waals surface area (Å²) in [5.41, 5.74) is 2.13. The van der Waals surface area contributed by atoms with Crippen LogP contribution in [0.1, 0.15) is 37.3 Å². The van der Waals surface area contributed by atoms with E-state index in [1.807, 2.05) is 12.1 Å². The number of ether oxygens (including phenoxy) is 1. The van der Waals surface area contributed by atoms with E-state index in [1.165, 1.54) is 11.9 Å². The Labute approximate surface area is 124 Å². The molecular formula is C15H18ClN3O. The highest BCUT2D eigenvalue weighted by Crippen LogP contribution is 2.29. The number of hydrogen-bond acceptors (Lipinski definition) is 4. The standard InChI is InChI=1S/C15H18ClN3O/c1-11(2)13-14(16)18-10-19-15(13)20-9-3-4-12-5-7-17-8-6-12/h5-8,10-11H,3-4,9H2,1-2H3. The quantitative estimate of drug-likeness (QED) is 0.602. The van der Waals surface area contributed by atoms with Crippen LogP contribution in [0.15, 0.2) is 30.9 Å². The van der Waals surface area contributed by atoms with Gasteiger partial charge in [0.1, 0.15) is 11.5 Å². The van der Waals surface area contributed by atoms with E-state index in [1.54, 1.807) is 12.4 Å². The van der Waals surface area contributed by atoms with Crippen LogP contribution >= 0.6 is 11.6 Å². The van der Waals surface area contributed by atoms with E-state index in [4.69, 9.17) is 16.3 Å². The fraction of sp³-hybridized carbons (Fsp3) is 0.400. The number of pyridine rings is 1. The van der Waals surface area contributed by atoms with E-state index in [9.17, 15) is 0 Å². The maximum absolute atomic E-state index is 6.10. The fourth-order valence-corrected chi connectivity index (χ4v) is 2.30. The zero-order valence-corrected chi connectivity index (χ0v) is 12.5. The average Bonchev–Trinajstić information content (AvgIpc) is 2.44. The molecule has 0 bridgehead atoms. The lowest BCUT2D eigenvalue weighted by Crippen LogP contribution is -2.06. The molecule has 0 aliphatic rings. The smallest absolute Gasteiger partial charge is 0.221 e. The molecule has 106 valence electrons. The van der Waals surface area contributed by atoms with Gasteiger partial charge in [0.2, 0.25) is 5.88 Å². The summed E-state index contributed by atoms with van der Waals surface area (Å²) >= 11 is 6.10. The van der Waals surface area contributed by atoms with Crippen molar-refractivity contribution >= 4 is 11.6 Å². The van der Waals surface area contributed by atoms with Gasteiger partial charge in [0, 0.05) is 12.4 Å². The lowest BCUT2D eigenvalue weighted by Gasteiger charge is -2.13. The van der Waals surface area contributed by atoms with Crippen LogP contribution in [0.4, 0.5) is 0 Å². The molecule has 2 aromatic rings. The van der Waals surface area contributed by atoms with Crippen molar-refractivity contribution in [3.8, 4) is 5.88 Å². The molecule has 0 unspecified atom stereocenters. The van der Waals surface area contributed by atoms with Crippen molar-refractivity contribution in [3.05, 3.63) is 47.1 Å². The van der Waals surface area contributed by atoms with Gasteiger partial charge in [0.15, 0.2) is 0 Å². The second-order valence-electron chi connectivity index (χ2n) is 4.85. The summed E-state index contributed by atoms with van der Waals surface area (Å²) in [5.74, 6) is 0.827. The Balaban J connectivity index is 1.90. The van der Waals surface area contributed by atoms with E-state index in [2.05, 4.69) is 28.8 Å². The van der Waals surface area contributed by atoms with Gasteiger partial charge in [-0.3, -0.25) is 4.98 Å². The predicted molar refractivity (Wildman–Crippen MR) is 79.2 cm³/mol. The van der Waals surface area contributed by atoms with Crippen LogP contribution in [0.25, 0.3) is 0 Å². The molecule has 0 atom stereocenters. The molecule has 0 aromatic carbocycles. The van der Waals surface area contributed by atoms with Crippen LogP contribution in [0, 0.1) is 0 Å². The van der Waals surface area contributed by atoms with E-state index >= 15 is 0 Å². The lowest BCUT2D eigenvalue weighted by molar-refractivity contribution is 0.294. The summed E-state index contributed by atoms with van der Waals surface area (Å²) in [6.07, 6.45) is 6.92. The van der Waals surface area contributed by atoms with Crippen molar-refractivity contribution in [2.75, 3.05) is 6.61 Å². The minimum atomic E-state index is 0.235. The second-order valence-corrected chi connectivity index (χ2v) is 5.20. The van der Waals surface area contributed by atoms with Crippen LogP contribution in [-0.2, 0) is 6.42 Å². The van der Waals surface area contributed by atoms with Gasteiger partial charge in [-0.25, -0.2) is 9.97 Å².